The normalized spacial score (nSPS) is 17.4. The van der Waals surface area contributed by atoms with Crippen LogP contribution in [0.2, 0.25) is 0 Å². The van der Waals surface area contributed by atoms with E-state index in [1.165, 1.54) is 12.1 Å². The van der Waals surface area contributed by atoms with Gasteiger partial charge in [-0.2, -0.15) is 0 Å². The van der Waals surface area contributed by atoms with Crippen molar-refractivity contribution < 1.29 is 13.9 Å². The fourth-order valence-electron chi connectivity index (χ4n) is 3.30. The van der Waals surface area contributed by atoms with Crippen LogP contribution in [0.3, 0.4) is 0 Å². The van der Waals surface area contributed by atoms with Gasteiger partial charge in [0.05, 0.1) is 18.6 Å². The Labute approximate surface area is 154 Å². The molecular formula is C21H25FN2O2. The van der Waals surface area contributed by atoms with Crippen LogP contribution in [-0.2, 0) is 11.2 Å². The summed E-state index contributed by atoms with van der Waals surface area (Å²) in [4.78, 5) is 14.9. The summed E-state index contributed by atoms with van der Waals surface area (Å²) in [5.41, 5.74) is 1.69. The fraction of sp³-hybridized carbons (Fsp3) is 0.381. The molecule has 1 atom stereocenters. The molecule has 0 aliphatic carbocycles. The summed E-state index contributed by atoms with van der Waals surface area (Å²) in [6, 6.07) is 14.0. The van der Waals surface area contributed by atoms with Crippen molar-refractivity contribution in [3.05, 3.63) is 65.5 Å². The van der Waals surface area contributed by atoms with Crippen LogP contribution >= 0.6 is 0 Å². The van der Waals surface area contributed by atoms with E-state index < -0.39 is 0 Å². The topological polar surface area (TPSA) is 41.6 Å². The monoisotopic (exact) mass is 356 g/mol. The molecule has 1 fully saturated rings. The maximum Gasteiger partial charge on any atom is 0.227 e. The van der Waals surface area contributed by atoms with E-state index in [0.29, 0.717) is 13.1 Å². The highest BCUT2D eigenvalue weighted by molar-refractivity contribution is 5.80. The molecule has 1 saturated heterocycles. The van der Waals surface area contributed by atoms with E-state index in [-0.39, 0.29) is 30.3 Å². The standard InChI is InChI=1S/C21H25FN2O2/c1-15(2)26-20-9-4-3-6-17(20)13-21(25)24-11-10-23-14-19(24)16-7-5-8-18(22)12-16/h3-9,12,15,19,23H,10-11,13-14H2,1-2H3. The minimum Gasteiger partial charge on any atom is -0.491 e. The van der Waals surface area contributed by atoms with Crippen LogP contribution in [0.1, 0.15) is 31.0 Å². The number of hydrogen-bond donors (Lipinski definition) is 1. The van der Waals surface area contributed by atoms with Gasteiger partial charge in [0.15, 0.2) is 0 Å². The molecule has 1 amide bonds. The molecule has 3 rings (SSSR count). The van der Waals surface area contributed by atoms with Crippen LogP contribution in [-0.4, -0.2) is 36.5 Å². The summed E-state index contributed by atoms with van der Waals surface area (Å²) in [6.07, 6.45) is 0.319. The Kier molecular flexibility index (Phi) is 5.89. The summed E-state index contributed by atoms with van der Waals surface area (Å²) in [6.45, 7) is 5.90. The van der Waals surface area contributed by atoms with Crippen molar-refractivity contribution in [1.82, 2.24) is 10.2 Å². The first-order chi connectivity index (χ1) is 12.5. The number of hydrogen-bond acceptors (Lipinski definition) is 3. The van der Waals surface area contributed by atoms with Crippen LogP contribution in [0.15, 0.2) is 48.5 Å². The van der Waals surface area contributed by atoms with E-state index >= 15 is 0 Å². The lowest BCUT2D eigenvalue weighted by molar-refractivity contribution is -0.133. The SMILES string of the molecule is CC(C)Oc1ccccc1CC(=O)N1CCNCC1c1cccc(F)c1. The number of piperazine rings is 1. The number of para-hydroxylation sites is 1. The van der Waals surface area contributed by atoms with Crippen molar-refractivity contribution in [2.24, 2.45) is 0 Å². The van der Waals surface area contributed by atoms with Crippen LogP contribution in [0.5, 0.6) is 5.75 Å². The number of carbonyl (C=O) groups is 1. The zero-order valence-electron chi connectivity index (χ0n) is 15.2. The lowest BCUT2D eigenvalue weighted by atomic mass is 10.0. The van der Waals surface area contributed by atoms with E-state index in [0.717, 1.165) is 23.4 Å². The van der Waals surface area contributed by atoms with Gasteiger partial charge in [-0.25, -0.2) is 4.39 Å². The number of benzene rings is 2. The average molecular weight is 356 g/mol. The van der Waals surface area contributed by atoms with Crippen molar-refractivity contribution >= 4 is 5.91 Å². The van der Waals surface area contributed by atoms with Gasteiger partial charge in [0.2, 0.25) is 5.91 Å². The van der Waals surface area contributed by atoms with Crippen molar-refractivity contribution in [2.75, 3.05) is 19.6 Å². The molecule has 26 heavy (non-hydrogen) atoms. The number of amides is 1. The Bertz CT molecular complexity index is 763. The molecule has 0 saturated carbocycles. The van der Waals surface area contributed by atoms with E-state index in [1.54, 1.807) is 6.07 Å². The Morgan fingerprint density at radius 3 is 2.85 bits per heavy atom. The van der Waals surface area contributed by atoms with Gasteiger partial charge in [-0.1, -0.05) is 30.3 Å². The first-order valence-corrected chi connectivity index (χ1v) is 9.05. The highest BCUT2D eigenvalue weighted by Gasteiger charge is 2.28. The van der Waals surface area contributed by atoms with Crippen LogP contribution in [0.25, 0.3) is 0 Å². The molecule has 1 N–H and O–H groups in total. The third-order valence-electron chi connectivity index (χ3n) is 4.47. The predicted molar refractivity (Wildman–Crippen MR) is 99.6 cm³/mol. The van der Waals surface area contributed by atoms with E-state index in [2.05, 4.69) is 5.32 Å². The number of rotatable bonds is 5. The summed E-state index contributed by atoms with van der Waals surface area (Å²) < 4.78 is 19.5. The molecule has 5 heteroatoms. The third-order valence-corrected chi connectivity index (χ3v) is 4.47. The Morgan fingerprint density at radius 1 is 1.27 bits per heavy atom. The Morgan fingerprint density at radius 2 is 2.08 bits per heavy atom. The maximum atomic E-state index is 13.6. The number of ether oxygens (including phenoxy) is 1. The second kappa shape index (κ2) is 8.32. The van der Waals surface area contributed by atoms with Gasteiger partial charge < -0.3 is 15.0 Å². The zero-order chi connectivity index (χ0) is 18.5. The molecule has 0 spiro atoms. The minimum absolute atomic E-state index is 0.0283. The second-order valence-electron chi connectivity index (χ2n) is 6.81. The second-order valence-corrected chi connectivity index (χ2v) is 6.81. The lowest BCUT2D eigenvalue weighted by Gasteiger charge is -2.37. The lowest BCUT2D eigenvalue weighted by Crippen LogP contribution is -2.49. The van der Waals surface area contributed by atoms with Gasteiger partial charge in [-0.15, -0.1) is 0 Å². The highest BCUT2D eigenvalue weighted by Crippen LogP contribution is 2.26. The van der Waals surface area contributed by atoms with Crippen LogP contribution < -0.4 is 10.1 Å². The first-order valence-electron chi connectivity index (χ1n) is 9.05. The molecule has 1 heterocycles. The van der Waals surface area contributed by atoms with E-state index in [1.807, 2.05) is 49.1 Å². The molecule has 138 valence electrons. The number of nitrogens with one attached hydrogen (secondary N) is 1. The highest BCUT2D eigenvalue weighted by atomic mass is 19.1. The minimum atomic E-state index is -0.281. The van der Waals surface area contributed by atoms with Crippen molar-refractivity contribution in [1.29, 1.82) is 0 Å². The molecule has 0 bridgehead atoms. The van der Waals surface area contributed by atoms with E-state index in [9.17, 15) is 9.18 Å². The summed E-state index contributed by atoms with van der Waals surface area (Å²) in [5, 5.41) is 3.30. The molecule has 2 aromatic carbocycles. The molecule has 1 aliphatic heterocycles. The number of halogens is 1. The zero-order valence-corrected chi connectivity index (χ0v) is 15.2. The fourth-order valence-corrected chi connectivity index (χ4v) is 3.30. The van der Waals surface area contributed by atoms with Gasteiger partial charge in [0.1, 0.15) is 11.6 Å². The number of carbonyl (C=O) groups excluding carboxylic acids is 1. The molecule has 0 radical (unpaired) electrons. The van der Waals surface area contributed by atoms with Crippen LogP contribution in [0, 0.1) is 5.82 Å². The van der Waals surface area contributed by atoms with Crippen molar-refractivity contribution in [2.45, 2.75) is 32.4 Å². The van der Waals surface area contributed by atoms with Crippen molar-refractivity contribution in [3.8, 4) is 5.75 Å². The summed E-state index contributed by atoms with van der Waals surface area (Å²) in [5.74, 6) is 0.491. The molecule has 1 unspecified atom stereocenters. The first kappa shape index (κ1) is 18.4. The Balaban J connectivity index is 1.79. The third kappa shape index (κ3) is 4.41. The van der Waals surface area contributed by atoms with Gasteiger partial charge in [-0.3, -0.25) is 4.79 Å². The smallest absolute Gasteiger partial charge is 0.227 e. The molecular weight excluding hydrogens is 331 g/mol. The summed E-state index contributed by atoms with van der Waals surface area (Å²) >= 11 is 0. The van der Waals surface area contributed by atoms with Crippen LogP contribution in [0.4, 0.5) is 4.39 Å². The summed E-state index contributed by atoms with van der Waals surface area (Å²) in [7, 11) is 0. The van der Waals surface area contributed by atoms with E-state index in [4.69, 9.17) is 4.74 Å². The predicted octanol–water partition coefficient (Wildman–Crippen LogP) is 3.33. The number of nitrogens with zero attached hydrogens (tertiary/aromatic N) is 1. The van der Waals surface area contributed by atoms with Gasteiger partial charge in [0, 0.05) is 25.2 Å². The molecule has 1 aliphatic rings. The maximum absolute atomic E-state index is 13.6. The van der Waals surface area contributed by atoms with Crippen molar-refractivity contribution in [3.63, 3.8) is 0 Å². The molecule has 2 aromatic rings. The Hall–Kier alpha value is -2.40. The largest absolute Gasteiger partial charge is 0.491 e. The quantitative estimate of drug-likeness (QED) is 0.893. The van der Waals surface area contributed by atoms with Gasteiger partial charge in [0.25, 0.3) is 0 Å². The molecule has 4 nitrogen and oxygen atoms in total. The van der Waals surface area contributed by atoms with Gasteiger partial charge in [-0.05, 0) is 37.6 Å². The average Bonchev–Trinajstić information content (AvgIpc) is 2.63. The van der Waals surface area contributed by atoms with Gasteiger partial charge >= 0.3 is 0 Å². The molecule has 0 aromatic heterocycles.